The predicted octanol–water partition coefficient (Wildman–Crippen LogP) is 3.41. The molecule has 2 heteroatoms. The Labute approximate surface area is 79.8 Å². The monoisotopic (exact) mass is 185 g/mol. The van der Waals surface area contributed by atoms with Crippen molar-refractivity contribution in [1.82, 2.24) is 0 Å². The van der Waals surface area contributed by atoms with Crippen LogP contribution in [0.4, 0.5) is 0 Å². The third-order valence-electron chi connectivity index (χ3n) is 1.60. The van der Waals surface area contributed by atoms with Crippen molar-refractivity contribution in [3.63, 3.8) is 0 Å². The van der Waals surface area contributed by atoms with Crippen molar-refractivity contribution in [2.75, 3.05) is 7.05 Å². The fourth-order valence-electron chi connectivity index (χ4n) is 0.494. The third-order valence-corrected chi connectivity index (χ3v) is 1.89. The minimum absolute atomic E-state index is 0.0986. The Kier molecular flexibility index (Phi) is 4.25. The number of hydrogen-bond acceptors (Lipinski definition) is 1. The molecule has 12 heavy (non-hydrogen) atoms. The molecule has 0 bridgehead atoms. The number of aliphatic imine (C=N–C) groups is 1. The van der Waals surface area contributed by atoms with E-state index in [1.807, 2.05) is 6.08 Å². The molecule has 0 spiro atoms. The van der Waals surface area contributed by atoms with Gasteiger partial charge in [-0.05, 0) is 17.1 Å². The summed E-state index contributed by atoms with van der Waals surface area (Å²) < 4.78 is 0. The highest BCUT2D eigenvalue weighted by Gasteiger charge is 2.11. The van der Waals surface area contributed by atoms with Gasteiger partial charge in [-0.2, -0.15) is 0 Å². The van der Waals surface area contributed by atoms with Crippen LogP contribution < -0.4 is 0 Å². The molecule has 0 N–H and O–H groups in total. The van der Waals surface area contributed by atoms with Gasteiger partial charge in [-0.1, -0.05) is 45.0 Å². The molecule has 0 aromatic rings. The zero-order valence-corrected chi connectivity index (χ0v) is 8.94. The van der Waals surface area contributed by atoms with E-state index in [1.165, 1.54) is 0 Å². The molecule has 0 fully saturated rings. The maximum Gasteiger partial charge on any atom is 0.123 e. The summed E-state index contributed by atoms with van der Waals surface area (Å²) in [6, 6.07) is 0. The molecule has 68 valence electrons. The molecule has 0 heterocycles. The molecule has 0 amide bonds. The smallest absolute Gasteiger partial charge is 0.123 e. The van der Waals surface area contributed by atoms with Gasteiger partial charge in [-0.25, -0.2) is 0 Å². The first-order chi connectivity index (χ1) is 5.38. The van der Waals surface area contributed by atoms with Crippen LogP contribution in [0.25, 0.3) is 0 Å². The van der Waals surface area contributed by atoms with Crippen molar-refractivity contribution in [3.8, 4) is 0 Å². The Morgan fingerprint density at radius 2 is 1.83 bits per heavy atom. The second-order valence-electron chi connectivity index (χ2n) is 3.65. The fourth-order valence-corrected chi connectivity index (χ4v) is 0.557. The van der Waals surface area contributed by atoms with Gasteiger partial charge in [-0.15, -0.1) is 0 Å². The van der Waals surface area contributed by atoms with Crippen LogP contribution in [0.2, 0.25) is 0 Å². The van der Waals surface area contributed by atoms with Crippen LogP contribution in [0.1, 0.15) is 20.8 Å². The van der Waals surface area contributed by atoms with E-state index < -0.39 is 0 Å². The summed E-state index contributed by atoms with van der Waals surface area (Å²) in [5.74, 6) is 0. The third kappa shape index (κ3) is 4.35. The van der Waals surface area contributed by atoms with Gasteiger partial charge < -0.3 is 0 Å². The molecule has 0 aliphatic carbocycles. The van der Waals surface area contributed by atoms with Crippen LogP contribution in [0.3, 0.4) is 0 Å². The Morgan fingerprint density at radius 1 is 1.33 bits per heavy atom. The van der Waals surface area contributed by atoms with Gasteiger partial charge in [0.2, 0.25) is 0 Å². The average molecular weight is 186 g/mol. The number of halogens is 1. The lowest BCUT2D eigenvalue weighted by atomic mass is 9.87. The second kappa shape index (κ2) is 4.46. The number of nitrogens with zero attached hydrogens (tertiary/aromatic N) is 1. The van der Waals surface area contributed by atoms with Crippen molar-refractivity contribution in [3.05, 3.63) is 24.3 Å². The van der Waals surface area contributed by atoms with E-state index in [1.54, 1.807) is 13.1 Å². The Morgan fingerprint density at radius 3 is 2.17 bits per heavy atom. The van der Waals surface area contributed by atoms with Gasteiger partial charge in [0.05, 0.1) is 0 Å². The van der Waals surface area contributed by atoms with Gasteiger partial charge in [0.1, 0.15) is 5.17 Å². The van der Waals surface area contributed by atoms with Crippen molar-refractivity contribution in [2.24, 2.45) is 10.4 Å². The molecule has 0 radical (unpaired) electrons. The first-order valence-electron chi connectivity index (χ1n) is 3.87. The molecular weight excluding hydrogens is 170 g/mol. The van der Waals surface area contributed by atoms with Crippen molar-refractivity contribution in [2.45, 2.75) is 20.8 Å². The molecule has 0 aromatic carbocycles. The molecule has 0 aliphatic rings. The van der Waals surface area contributed by atoms with E-state index in [0.717, 1.165) is 5.57 Å². The van der Waals surface area contributed by atoms with Gasteiger partial charge in [0.25, 0.3) is 0 Å². The summed E-state index contributed by atoms with van der Waals surface area (Å²) in [5.41, 5.74) is 1.14. The normalized spacial score (nSPS) is 13.9. The van der Waals surface area contributed by atoms with Crippen LogP contribution in [0.5, 0.6) is 0 Å². The lowest BCUT2D eigenvalue weighted by Gasteiger charge is -2.18. The minimum atomic E-state index is 0.0986. The standard InChI is InChI=1S/C10H16ClN/c1-8(10(2,3)4)6-7-9(11)12-5/h6-7H,1H2,2-5H3/b7-6-,12-9+. The maximum absolute atomic E-state index is 5.68. The SMILES string of the molecule is C=C(/C=C\C(Cl)=N/C)C(C)(C)C. The molecule has 0 saturated heterocycles. The second-order valence-corrected chi connectivity index (χ2v) is 4.04. The molecule has 0 rings (SSSR count). The van der Waals surface area contributed by atoms with Crippen LogP contribution in [0.15, 0.2) is 29.3 Å². The summed E-state index contributed by atoms with van der Waals surface area (Å²) in [6.45, 7) is 10.3. The van der Waals surface area contributed by atoms with E-state index in [0.29, 0.717) is 5.17 Å². The molecule has 1 nitrogen and oxygen atoms in total. The van der Waals surface area contributed by atoms with Gasteiger partial charge in [0, 0.05) is 7.05 Å². The van der Waals surface area contributed by atoms with E-state index in [2.05, 4.69) is 32.3 Å². The highest BCUT2D eigenvalue weighted by Crippen LogP contribution is 2.24. The zero-order valence-electron chi connectivity index (χ0n) is 8.19. The Balaban J connectivity index is 4.29. The number of allylic oxidation sites excluding steroid dienone is 3. The lowest BCUT2D eigenvalue weighted by Crippen LogP contribution is -2.06. The molecule has 0 unspecified atom stereocenters. The minimum Gasteiger partial charge on any atom is -0.277 e. The van der Waals surface area contributed by atoms with Crippen LogP contribution >= 0.6 is 11.6 Å². The molecule has 0 aliphatic heterocycles. The average Bonchev–Trinajstić information content (AvgIpc) is 1.97. The van der Waals surface area contributed by atoms with Crippen LogP contribution in [0, 0.1) is 5.41 Å². The van der Waals surface area contributed by atoms with Crippen molar-refractivity contribution >= 4 is 16.8 Å². The first kappa shape index (κ1) is 11.4. The number of rotatable bonds is 2. The van der Waals surface area contributed by atoms with Crippen LogP contribution in [-0.4, -0.2) is 12.2 Å². The lowest BCUT2D eigenvalue weighted by molar-refractivity contribution is 0.519. The molecule has 0 aromatic heterocycles. The molecular formula is C10H16ClN. The van der Waals surface area contributed by atoms with Gasteiger partial charge in [0.15, 0.2) is 0 Å². The summed E-state index contributed by atoms with van der Waals surface area (Å²) in [7, 11) is 1.66. The number of hydrogen-bond donors (Lipinski definition) is 0. The summed E-state index contributed by atoms with van der Waals surface area (Å²) in [5, 5.41) is 0.500. The summed E-state index contributed by atoms with van der Waals surface area (Å²) >= 11 is 5.68. The highest BCUT2D eigenvalue weighted by molar-refractivity contribution is 6.68. The largest absolute Gasteiger partial charge is 0.277 e. The van der Waals surface area contributed by atoms with E-state index in [-0.39, 0.29) is 5.41 Å². The van der Waals surface area contributed by atoms with E-state index >= 15 is 0 Å². The topological polar surface area (TPSA) is 12.4 Å². The van der Waals surface area contributed by atoms with Crippen molar-refractivity contribution in [1.29, 1.82) is 0 Å². The van der Waals surface area contributed by atoms with E-state index in [9.17, 15) is 0 Å². The fraction of sp³-hybridized carbons (Fsp3) is 0.500. The summed E-state index contributed by atoms with van der Waals surface area (Å²) in [4.78, 5) is 3.80. The zero-order chi connectivity index (χ0) is 9.78. The van der Waals surface area contributed by atoms with Crippen LogP contribution in [-0.2, 0) is 0 Å². The molecule has 0 atom stereocenters. The van der Waals surface area contributed by atoms with Crippen molar-refractivity contribution < 1.29 is 0 Å². The Hall–Kier alpha value is -0.560. The van der Waals surface area contributed by atoms with Gasteiger partial charge in [-0.3, -0.25) is 4.99 Å². The quantitative estimate of drug-likeness (QED) is 0.462. The van der Waals surface area contributed by atoms with E-state index in [4.69, 9.17) is 11.6 Å². The van der Waals surface area contributed by atoms with Gasteiger partial charge >= 0.3 is 0 Å². The molecule has 0 saturated carbocycles. The first-order valence-corrected chi connectivity index (χ1v) is 4.25. The highest BCUT2D eigenvalue weighted by atomic mass is 35.5. The Bertz CT molecular complexity index is 218. The summed E-state index contributed by atoms with van der Waals surface area (Å²) in [6.07, 6.45) is 3.66. The predicted molar refractivity (Wildman–Crippen MR) is 56.9 cm³/mol. The maximum atomic E-state index is 5.68.